The van der Waals surface area contributed by atoms with E-state index in [0.717, 1.165) is 16.7 Å². The van der Waals surface area contributed by atoms with Crippen molar-refractivity contribution in [1.82, 2.24) is 0 Å². The standard InChI is InChI=1S/C17H20O3/c1-11-8-12(2)10-13(9-11)17(18)16-14(19-3)6-5-7-15(16)20-4/h5-10,17-18H,1-4H3. The molecule has 1 N–H and O–H groups in total. The van der Waals surface area contributed by atoms with Gasteiger partial charge in [-0.2, -0.15) is 0 Å². The van der Waals surface area contributed by atoms with Crippen LogP contribution < -0.4 is 9.47 Å². The van der Waals surface area contributed by atoms with Crippen molar-refractivity contribution in [1.29, 1.82) is 0 Å². The van der Waals surface area contributed by atoms with Crippen LogP contribution in [0.3, 0.4) is 0 Å². The Hall–Kier alpha value is -2.00. The molecule has 20 heavy (non-hydrogen) atoms. The summed E-state index contributed by atoms with van der Waals surface area (Å²) in [5.41, 5.74) is 3.73. The smallest absolute Gasteiger partial charge is 0.128 e. The van der Waals surface area contributed by atoms with Crippen LogP contribution in [0.2, 0.25) is 0 Å². The number of aryl methyl sites for hydroxylation is 2. The molecule has 0 aliphatic rings. The quantitative estimate of drug-likeness (QED) is 0.927. The molecule has 1 unspecified atom stereocenters. The maximum atomic E-state index is 10.7. The van der Waals surface area contributed by atoms with Crippen LogP contribution in [0.15, 0.2) is 36.4 Å². The summed E-state index contributed by atoms with van der Waals surface area (Å²) >= 11 is 0. The van der Waals surface area contributed by atoms with E-state index in [9.17, 15) is 5.11 Å². The first-order chi connectivity index (χ1) is 9.56. The van der Waals surface area contributed by atoms with Gasteiger partial charge in [0.05, 0.1) is 19.8 Å². The molecular formula is C17H20O3. The molecule has 3 heteroatoms. The minimum atomic E-state index is -0.778. The summed E-state index contributed by atoms with van der Waals surface area (Å²) < 4.78 is 10.7. The first-order valence-electron chi connectivity index (χ1n) is 6.54. The van der Waals surface area contributed by atoms with Crippen LogP contribution in [0.25, 0.3) is 0 Å². The third-order valence-electron chi connectivity index (χ3n) is 3.30. The fourth-order valence-electron chi connectivity index (χ4n) is 2.48. The average Bonchev–Trinajstić information content (AvgIpc) is 2.44. The van der Waals surface area contributed by atoms with Crippen molar-refractivity contribution in [3.05, 3.63) is 58.7 Å². The lowest BCUT2D eigenvalue weighted by Crippen LogP contribution is -2.05. The molecule has 2 aromatic carbocycles. The Kier molecular flexibility index (Phi) is 4.30. The van der Waals surface area contributed by atoms with Crippen molar-refractivity contribution < 1.29 is 14.6 Å². The van der Waals surface area contributed by atoms with Gasteiger partial charge in [-0.05, 0) is 31.5 Å². The minimum Gasteiger partial charge on any atom is -0.496 e. The van der Waals surface area contributed by atoms with Crippen molar-refractivity contribution in [2.75, 3.05) is 14.2 Å². The molecule has 2 aromatic rings. The topological polar surface area (TPSA) is 38.7 Å². The average molecular weight is 272 g/mol. The number of aliphatic hydroxyl groups is 1. The maximum absolute atomic E-state index is 10.7. The lowest BCUT2D eigenvalue weighted by molar-refractivity contribution is 0.208. The Morgan fingerprint density at radius 3 is 1.85 bits per heavy atom. The number of hydrogen-bond acceptors (Lipinski definition) is 3. The molecule has 0 aliphatic heterocycles. The summed E-state index contributed by atoms with van der Waals surface area (Å²) in [6.07, 6.45) is -0.778. The molecule has 1 atom stereocenters. The predicted octanol–water partition coefficient (Wildman–Crippen LogP) is 3.40. The van der Waals surface area contributed by atoms with E-state index in [1.54, 1.807) is 14.2 Å². The van der Waals surface area contributed by atoms with Crippen molar-refractivity contribution in [3.8, 4) is 11.5 Å². The van der Waals surface area contributed by atoms with E-state index in [1.807, 2.05) is 44.2 Å². The fraction of sp³-hybridized carbons (Fsp3) is 0.294. The Morgan fingerprint density at radius 1 is 0.900 bits per heavy atom. The van der Waals surface area contributed by atoms with E-state index in [1.165, 1.54) is 0 Å². The number of benzene rings is 2. The molecule has 0 radical (unpaired) electrons. The maximum Gasteiger partial charge on any atom is 0.128 e. The van der Waals surface area contributed by atoms with Crippen molar-refractivity contribution in [2.24, 2.45) is 0 Å². The van der Waals surface area contributed by atoms with E-state index >= 15 is 0 Å². The van der Waals surface area contributed by atoms with E-state index in [-0.39, 0.29) is 0 Å². The van der Waals surface area contributed by atoms with Gasteiger partial charge >= 0.3 is 0 Å². The fourth-order valence-corrected chi connectivity index (χ4v) is 2.48. The second kappa shape index (κ2) is 5.97. The normalized spacial score (nSPS) is 12.1. The third kappa shape index (κ3) is 2.78. The van der Waals surface area contributed by atoms with Gasteiger partial charge in [0.25, 0.3) is 0 Å². The monoisotopic (exact) mass is 272 g/mol. The third-order valence-corrected chi connectivity index (χ3v) is 3.30. The Balaban J connectivity index is 2.54. The van der Waals surface area contributed by atoms with Crippen molar-refractivity contribution >= 4 is 0 Å². The van der Waals surface area contributed by atoms with Crippen LogP contribution in [0.1, 0.15) is 28.4 Å². The van der Waals surface area contributed by atoms with Crippen LogP contribution in [0, 0.1) is 13.8 Å². The zero-order valence-electron chi connectivity index (χ0n) is 12.3. The highest BCUT2D eigenvalue weighted by Crippen LogP contribution is 2.37. The van der Waals surface area contributed by atoms with Gasteiger partial charge in [0.2, 0.25) is 0 Å². The van der Waals surface area contributed by atoms with Crippen LogP contribution >= 0.6 is 0 Å². The first kappa shape index (κ1) is 14.4. The van der Waals surface area contributed by atoms with Crippen LogP contribution in [0.5, 0.6) is 11.5 Å². The van der Waals surface area contributed by atoms with Gasteiger partial charge in [-0.25, -0.2) is 0 Å². The van der Waals surface area contributed by atoms with Gasteiger partial charge in [-0.3, -0.25) is 0 Å². The number of methoxy groups -OCH3 is 2. The summed E-state index contributed by atoms with van der Waals surface area (Å²) in [4.78, 5) is 0. The van der Waals surface area contributed by atoms with E-state index in [2.05, 4.69) is 6.07 Å². The lowest BCUT2D eigenvalue weighted by atomic mass is 9.96. The molecule has 0 bridgehead atoms. The molecule has 0 spiro atoms. The molecule has 0 saturated carbocycles. The summed E-state index contributed by atoms with van der Waals surface area (Å²) in [6.45, 7) is 4.03. The van der Waals surface area contributed by atoms with Crippen LogP contribution in [-0.2, 0) is 0 Å². The van der Waals surface area contributed by atoms with E-state index in [4.69, 9.17) is 9.47 Å². The summed E-state index contributed by atoms with van der Waals surface area (Å²) in [5.74, 6) is 1.24. The molecule has 0 saturated heterocycles. The molecule has 0 aliphatic carbocycles. The lowest BCUT2D eigenvalue weighted by Gasteiger charge is -2.19. The predicted molar refractivity (Wildman–Crippen MR) is 79.5 cm³/mol. The van der Waals surface area contributed by atoms with E-state index < -0.39 is 6.10 Å². The molecule has 0 fully saturated rings. The summed E-state index contributed by atoms with van der Waals surface area (Å²) in [7, 11) is 3.18. The number of rotatable bonds is 4. The number of aliphatic hydroxyl groups excluding tert-OH is 1. The van der Waals surface area contributed by atoms with Crippen LogP contribution in [-0.4, -0.2) is 19.3 Å². The molecular weight excluding hydrogens is 252 g/mol. The highest BCUT2D eigenvalue weighted by atomic mass is 16.5. The van der Waals surface area contributed by atoms with Gasteiger partial charge in [0.15, 0.2) is 0 Å². The molecule has 3 nitrogen and oxygen atoms in total. The SMILES string of the molecule is COc1cccc(OC)c1C(O)c1cc(C)cc(C)c1. The van der Waals surface area contributed by atoms with Gasteiger partial charge < -0.3 is 14.6 Å². The largest absolute Gasteiger partial charge is 0.496 e. The molecule has 0 aromatic heterocycles. The van der Waals surface area contributed by atoms with Crippen molar-refractivity contribution in [2.45, 2.75) is 20.0 Å². The number of hydrogen-bond donors (Lipinski definition) is 1. The summed E-state index contributed by atoms with van der Waals surface area (Å²) in [5, 5.41) is 10.7. The number of ether oxygens (including phenoxy) is 2. The highest BCUT2D eigenvalue weighted by molar-refractivity contribution is 5.50. The first-order valence-corrected chi connectivity index (χ1v) is 6.54. The van der Waals surface area contributed by atoms with Gasteiger partial charge in [-0.1, -0.05) is 35.4 Å². The molecule has 0 heterocycles. The van der Waals surface area contributed by atoms with Gasteiger partial charge in [0.1, 0.15) is 17.6 Å². The zero-order chi connectivity index (χ0) is 14.7. The van der Waals surface area contributed by atoms with Crippen LogP contribution in [0.4, 0.5) is 0 Å². The minimum absolute atomic E-state index is 0.621. The zero-order valence-corrected chi connectivity index (χ0v) is 12.3. The van der Waals surface area contributed by atoms with Gasteiger partial charge in [-0.15, -0.1) is 0 Å². The van der Waals surface area contributed by atoms with Crippen molar-refractivity contribution in [3.63, 3.8) is 0 Å². The van der Waals surface area contributed by atoms with E-state index in [0.29, 0.717) is 17.1 Å². The molecule has 0 amide bonds. The Bertz CT molecular complexity index is 563. The highest BCUT2D eigenvalue weighted by Gasteiger charge is 2.20. The van der Waals surface area contributed by atoms with Gasteiger partial charge in [0, 0.05) is 0 Å². The second-order valence-electron chi connectivity index (χ2n) is 4.90. The Labute approximate surface area is 119 Å². The molecule has 106 valence electrons. The second-order valence-corrected chi connectivity index (χ2v) is 4.90. The summed E-state index contributed by atoms with van der Waals surface area (Å²) in [6, 6.07) is 11.5. The molecule has 2 rings (SSSR count). The Morgan fingerprint density at radius 2 is 1.40 bits per heavy atom.